The smallest absolute Gasteiger partial charge is 0.261 e. The van der Waals surface area contributed by atoms with Crippen LogP contribution >= 0.6 is 0 Å². The second-order valence-electron chi connectivity index (χ2n) is 2.81. The minimum atomic E-state index is -2.00. The number of nitrogens with one attached hydrogen (secondary N) is 1. The summed E-state index contributed by atoms with van der Waals surface area (Å²) in [4.78, 5) is 0. The summed E-state index contributed by atoms with van der Waals surface area (Å²) in [5, 5.41) is 6.85. The fourth-order valence-electron chi connectivity index (χ4n) is 1.05. The first-order valence-electron chi connectivity index (χ1n) is 4.17. The molecule has 0 saturated heterocycles. The van der Waals surface area contributed by atoms with Crippen molar-refractivity contribution in [1.82, 2.24) is 15.1 Å². The van der Waals surface area contributed by atoms with E-state index in [0.29, 0.717) is 18.8 Å². The van der Waals surface area contributed by atoms with E-state index >= 15 is 0 Å². The van der Waals surface area contributed by atoms with Crippen molar-refractivity contribution < 1.29 is 8.76 Å². The maximum Gasteiger partial charge on any atom is 0.261 e. The van der Waals surface area contributed by atoms with Gasteiger partial charge in [-0.15, -0.1) is 0 Å². The maximum absolute atomic E-state index is 11.0. The highest BCUT2D eigenvalue weighted by Gasteiger charge is 2.12. The Labute approximate surface area is 85.3 Å². The van der Waals surface area contributed by atoms with E-state index in [4.69, 9.17) is 4.55 Å². The summed E-state index contributed by atoms with van der Waals surface area (Å²) >= 11 is -2.00. The largest absolute Gasteiger partial charge is 0.318 e. The molecule has 0 amide bonds. The highest BCUT2D eigenvalue weighted by Crippen LogP contribution is 2.12. The molecule has 0 aliphatic carbocycles. The van der Waals surface area contributed by atoms with E-state index in [-0.39, 0.29) is 0 Å². The van der Waals surface area contributed by atoms with Gasteiger partial charge in [0.25, 0.3) is 11.3 Å². The molecule has 0 aromatic carbocycles. The van der Waals surface area contributed by atoms with Crippen LogP contribution in [0.15, 0.2) is 12.4 Å². The first-order chi connectivity index (χ1) is 6.65. The molecule has 80 valence electrons. The van der Waals surface area contributed by atoms with Gasteiger partial charge in [-0.05, 0) is 7.05 Å². The van der Waals surface area contributed by atoms with Crippen LogP contribution in [0.4, 0.5) is 5.69 Å². The average molecular weight is 218 g/mol. The van der Waals surface area contributed by atoms with E-state index in [1.54, 1.807) is 31.2 Å². The van der Waals surface area contributed by atoms with Crippen LogP contribution in [0.3, 0.4) is 0 Å². The fourth-order valence-corrected chi connectivity index (χ4v) is 1.57. The minimum absolute atomic E-state index is 0.464. The Morgan fingerprint density at radius 1 is 1.79 bits per heavy atom. The molecule has 0 bridgehead atoms. The summed E-state index contributed by atoms with van der Waals surface area (Å²) in [5.41, 5.74) is 0.642. The predicted molar refractivity (Wildman–Crippen MR) is 55.3 cm³/mol. The summed E-state index contributed by atoms with van der Waals surface area (Å²) < 4.78 is 23.0. The molecule has 1 aromatic rings. The van der Waals surface area contributed by atoms with Crippen molar-refractivity contribution in [3.63, 3.8) is 0 Å². The third kappa shape index (κ3) is 2.79. The lowest BCUT2D eigenvalue weighted by Crippen LogP contribution is -2.31. The van der Waals surface area contributed by atoms with E-state index in [2.05, 4.69) is 10.4 Å². The van der Waals surface area contributed by atoms with Crippen molar-refractivity contribution in [2.45, 2.75) is 0 Å². The Kier molecular flexibility index (Phi) is 4.05. The summed E-state index contributed by atoms with van der Waals surface area (Å²) in [6.07, 6.45) is 3.26. The van der Waals surface area contributed by atoms with Gasteiger partial charge in [0.05, 0.1) is 11.9 Å². The standard InChI is InChI=1S/C7H14N4O2S/c1-8-3-4-11(14(12)13)7-5-9-10(2)6-7/h5-6,8H,3-4H2,1-2H3,(H,12,13). The predicted octanol–water partition coefficient (Wildman–Crippen LogP) is -0.417. The molecule has 1 aromatic heterocycles. The SMILES string of the molecule is CNCCN(c1cnn(C)c1)S(=O)O. The molecule has 6 nitrogen and oxygen atoms in total. The molecule has 1 rings (SSSR count). The van der Waals surface area contributed by atoms with E-state index < -0.39 is 11.3 Å². The molecule has 2 N–H and O–H groups in total. The van der Waals surface area contributed by atoms with Gasteiger partial charge in [-0.3, -0.25) is 13.5 Å². The molecule has 1 heterocycles. The zero-order valence-electron chi connectivity index (χ0n) is 8.17. The van der Waals surface area contributed by atoms with Crippen LogP contribution in [-0.2, 0) is 18.3 Å². The molecular weight excluding hydrogens is 204 g/mol. The van der Waals surface area contributed by atoms with Gasteiger partial charge in [0.2, 0.25) is 0 Å². The Morgan fingerprint density at radius 3 is 2.93 bits per heavy atom. The van der Waals surface area contributed by atoms with Crippen LogP contribution in [0, 0.1) is 0 Å². The van der Waals surface area contributed by atoms with Gasteiger partial charge in [0, 0.05) is 26.3 Å². The molecule has 0 aliphatic heterocycles. The normalized spacial score (nSPS) is 12.8. The fraction of sp³-hybridized carbons (Fsp3) is 0.571. The molecule has 0 spiro atoms. The molecule has 1 atom stereocenters. The molecular formula is C7H14N4O2S. The third-order valence-electron chi connectivity index (χ3n) is 1.73. The van der Waals surface area contributed by atoms with Gasteiger partial charge >= 0.3 is 0 Å². The van der Waals surface area contributed by atoms with Crippen molar-refractivity contribution in [2.24, 2.45) is 7.05 Å². The molecule has 7 heteroatoms. The zero-order valence-corrected chi connectivity index (χ0v) is 8.99. The highest BCUT2D eigenvalue weighted by atomic mass is 32.2. The van der Waals surface area contributed by atoms with Gasteiger partial charge in [-0.2, -0.15) is 5.10 Å². The Bertz CT molecular complexity index is 314. The number of hydrogen-bond acceptors (Lipinski definition) is 3. The van der Waals surface area contributed by atoms with Crippen LogP contribution in [0.5, 0.6) is 0 Å². The van der Waals surface area contributed by atoms with Crippen LogP contribution in [-0.4, -0.2) is 38.7 Å². The molecule has 0 fully saturated rings. The summed E-state index contributed by atoms with van der Waals surface area (Å²) in [6, 6.07) is 0. The topological polar surface area (TPSA) is 70.4 Å². The van der Waals surface area contributed by atoms with Crippen LogP contribution < -0.4 is 9.62 Å². The summed E-state index contributed by atoms with van der Waals surface area (Å²) in [6.45, 7) is 1.10. The van der Waals surface area contributed by atoms with Gasteiger partial charge in [0.15, 0.2) is 0 Å². The van der Waals surface area contributed by atoms with Gasteiger partial charge in [0.1, 0.15) is 0 Å². The van der Waals surface area contributed by atoms with E-state index in [0.717, 1.165) is 0 Å². The van der Waals surface area contributed by atoms with E-state index in [9.17, 15) is 4.21 Å². The Hall–Kier alpha value is -0.920. The maximum atomic E-state index is 11.0. The second kappa shape index (κ2) is 5.08. The number of nitrogens with zero attached hydrogens (tertiary/aromatic N) is 3. The van der Waals surface area contributed by atoms with Gasteiger partial charge in [-0.1, -0.05) is 0 Å². The minimum Gasteiger partial charge on any atom is -0.318 e. The monoisotopic (exact) mass is 218 g/mol. The first kappa shape index (κ1) is 11.2. The molecule has 14 heavy (non-hydrogen) atoms. The quantitative estimate of drug-likeness (QED) is 0.659. The van der Waals surface area contributed by atoms with Crippen molar-refractivity contribution in [3.05, 3.63) is 12.4 Å². The average Bonchev–Trinajstić information content (AvgIpc) is 2.52. The number of aromatic nitrogens is 2. The van der Waals surface area contributed by atoms with E-state index in [1.807, 2.05) is 0 Å². The summed E-state index contributed by atoms with van der Waals surface area (Å²) in [7, 11) is 3.56. The zero-order chi connectivity index (χ0) is 10.6. The molecule has 0 saturated carbocycles. The number of anilines is 1. The molecule has 0 radical (unpaired) electrons. The van der Waals surface area contributed by atoms with Crippen LogP contribution in [0.1, 0.15) is 0 Å². The Balaban J connectivity index is 2.72. The van der Waals surface area contributed by atoms with Gasteiger partial charge < -0.3 is 5.32 Å². The number of likely N-dealkylation sites (N-methyl/N-ethyl adjacent to an activating group) is 1. The number of rotatable bonds is 5. The highest BCUT2D eigenvalue weighted by molar-refractivity contribution is 7.80. The number of hydrogen-bond donors (Lipinski definition) is 2. The number of aryl methyl sites for hydroxylation is 1. The lowest BCUT2D eigenvalue weighted by atomic mass is 10.5. The van der Waals surface area contributed by atoms with Crippen molar-refractivity contribution in [1.29, 1.82) is 0 Å². The van der Waals surface area contributed by atoms with Crippen molar-refractivity contribution in [2.75, 3.05) is 24.4 Å². The van der Waals surface area contributed by atoms with Gasteiger partial charge in [-0.25, -0.2) is 4.21 Å². The van der Waals surface area contributed by atoms with Crippen molar-refractivity contribution >= 4 is 17.0 Å². The summed E-state index contributed by atoms with van der Waals surface area (Å²) in [5.74, 6) is 0. The van der Waals surface area contributed by atoms with Crippen molar-refractivity contribution in [3.8, 4) is 0 Å². The third-order valence-corrected chi connectivity index (χ3v) is 2.50. The lowest BCUT2D eigenvalue weighted by molar-refractivity contribution is 0.557. The van der Waals surface area contributed by atoms with Crippen LogP contribution in [0.25, 0.3) is 0 Å². The van der Waals surface area contributed by atoms with Crippen LogP contribution in [0.2, 0.25) is 0 Å². The lowest BCUT2D eigenvalue weighted by Gasteiger charge is -2.16. The molecule has 1 unspecified atom stereocenters. The molecule has 0 aliphatic rings. The first-order valence-corrected chi connectivity index (χ1v) is 5.23. The second-order valence-corrected chi connectivity index (χ2v) is 3.71. The Morgan fingerprint density at radius 2 is 2.50 bits per heavy atom. The van der Waals surface area contributed by atoms with E-state index in [1.165, 1.54) is 4.31 Å².